The number of benzene rings is 1. The number of amidine groups is 1. The number of aliphatic carboxylic acids is 1. The minimum absolute atomic E-state index is 0.185. The monoisotopic (exact) mass is 420 g/mol. The molecule has 1 fully saturated rings. The zero-order valence-corrected chi connectivity index (χ0v) is 16.8. The Morgan fingerprint density at radius 1 is 1.36 bits per heavy atom. The van der Waals surface area contributed by atoms with E-state index in [0.717, 1.165) is 5.01 Å². The normalized spacial score (nSPS) is 16.8. The van der Waals surface area contributed by atoms with Gasteiger partial charge in [-0.2, -0.15) is 4.99 Å². The molecule has 1 aliphatic heterocycles. The highest BCUT2D eigenvalue weighted by Crippen LogP contribution is 2.35. The highest BCUT2D eigenvalue weighted by atomic mass is 32.2. The van der Waals surface area contributed by atoms with Crippen LogP contribution in [-0.2, 0) is 9.59 Å². The third-order valence-corrected chi connectivity index (χ3v) is 5.34. The molecule has 1 amide bonds. The van der Waals surface area contributed by atoms with Gasteiger partial charge < -0.3 is 14.6 Å². The maximum absolute atomic E-state index is 12.5. The smallest absolute Gasteiger partial charge is 0.341 e. The van der Waals surface area contributed by atoms with Gasteiger partial charge in [-0.15, -0.1) is 10.2 Å². The Morgan fingerprint density at radius 3 is 2.79 bits per heavy atom. The zero-order chi connectivity index (χ0) is 20.3. The summed E-state index contributed by atoms with van der Waals surface area (Å²) in [6.45, 7) is 1.36. The number of hydrogen-bond donors (Lipinski definition) is 1. The van der Waals surface area contributed by atoms with Gasteiger partial charge in [0.15, 0.2) is 23.3 Å². The topological polar surface area (TPSA) is 114 Å². The molecular formula is C17H16N4O5S2. The Labute approximate surface area is 168 Å². The van der Waals surface area contributed by atoms with Crippen molar-refractivity contribution in [1.29, 1.82) is 0 Å². The van der Waals surface area contributed by atoms with Gasteiger partial charge >= 0.3 is 5.97 Å². The first-order valence-electron chi connectivity index (χ1n) is 7.96. The summed E-state index contributed by atoms with van der Waals surface area (Å²) in [6.07, 6.45) is 1.71. The Kier molecular flexibility index (Phi) is 5.95. The van der Waals surface area contributed by atoms with Gasteiger partial charge in [0.1, 0.15) is 5.01 Å². The molecule has 0 radical (unpaired) electrons. The SMILES string of the molecule is COc1cc(/C=C2/S/C(=N/c3nnc(C)s3)N(C)C2=O)ccc1OCC(=O)O. The standard InChI is InChI=1S/C17H16N4O5S2/c1-9-19-20-16(27-9)18-17-21(2)15(24)13(28-17)7-10-4-5-11(12(6-10)25-3)26-8-14(22)23/h4-7H,8H2,1-3H3,(H,22,23)/b13-7+,18-17+. The first kappa shape index (κ1) is 19.8. The quantitative estimate of drug-likeness (QED) is 0.709. The summed E-state index contributed by atoms with van der Waals surface area (Å²) >= 11 is 2.58. The van der Waals surface area contributed by atoms with E-state index in [-0.39, 0.29) is 5.91 Å². The summed E-state index contributed by atoms with van der Waals surface area (Å²) in [7, 11) is 3.10. The van der Waals surface area contributed by atoms with Crippen molar-refractivity contribution in [1.82, 2.24) is 15.1 Å². The van der Waals surface area contributed by atoms with Crippen LogP contribution in [0.5, 0.6) is 11.5 Å². The molecule has 9 nitrogen and oxygen atoms in total. The van der Waals surface area contributed by atoms with Gasteiger partial charge in [-0.25, -0.2) is 4.79 Å². The molecule has 1 saturated heterocycles. The molecule has 0 atom stereocenters. The molecule has 11 heteroatoms. The number of methoxy groups -OCH3 is 1. The molecule has 1 aromatic carbocycles. The molecule has 1 aliphatic rings. The van der Waals surface area contributed by atoms with Crippen LogP contribution in [0.3, 0.4) is 0 Å². The molecule has 0 aliphatic carbocycles. The van der Waals surface area contributed by atoms with Crippen molar-refractivity contribution in [2.45, 2.75) is 6.92 Å². The van der Waals surface area contributed by atoms with Crippen molar-refractivity contribution in [3.63, 3.8) is 0 Å². The van der Waals surface area contributed by atoms with E-state index in [1.54, 1.807) is 31.3 Å². The first-order valence-corrected chi connectivity index (χ1v) is 9.59. The summed E-state index contributed by atoms with van der Waals surface area (Å²) < 4.78 is 10.4. The van der Waals surface area contributed by atoms with Gasteiger partial charge in [-0.05, 0) is 42.5 Å². The largest absolute Gasteiger partial charge is 0.493 e. The van der Waals surface area contributed by atoms with Crippen LogP contribution in [0.2, 0.25) is 0 Å². The maximum Gasteiger partial charge on any atom is 0.341 e. The van der Waals surface area contributed by atoms with Gasteiger partial charge in [0.25, 0.3) is 5.91 Å². The maximum atomic E-state index is 12.5. The molecule has 28 heavy (non-hydrogen) atoms. The first-order chi connectivity index (χ1) is 13.4. The number of thioether (sulfide) groups is 1. The van der Waals surface area contributed by atoms with Crippen LogP contribution in [0.25, 0.3) is 6.08 Å². The zero-order valence-electron chi connectivity index (χ0n) is 15.2. The third kappa shape index (κ3) is 4.49. The summed E-state index contributed by atoms with van der Waals surface area (Å²) in [6, 6.07) is 4.98. The number of carboxylic acids is 1. The molecule has 0 bridgehead atoms. The van der Waals surface area contributed by atoms with Crippen molar-refractivity contribution in [3.05, 3.63) is 33.7 Å². The number of rotatable bonds is 6. The summed E-state index contributed by atoms with van der Waals surface area (Å²) in [4.78, 5) is 29.5. The van der Waals surface area contributed by atoms with E-state index in [9.17, 15) is 9.59 Å². The van der Waals surface area contributed by atoms with E-state index >= 15 is 0 Å². The molecule has 0 saturated carbocycles. The Bertz CT molecular complexity index is 986. The molecule has 2 heterocycles. The van der Waals surface area contributed by atoms with Gasteiger partial charge in [0.05, 0.1) is 12.0 Å². The molecule has 2 aromatic rings. The summed E-state index contributed by atoms with van der Waals surface area (Å²) in [5, 5.41) is 18.4. The van der Waals surface area contributed by atoms with Crippen molar-refractivity contribution in [3.8, 4) is 11.5 Å². The number of ether oxygens (including phenoxy) is 2. The van der Waals surface area contributed by atoms with E-state index in [4.69, 9.17) is 14.6 Å². The second-order valence-corrected chi connectivity index (χ2v) is 7.73. The number of aryl methyl sites for hydroxylation is 1. The van der Waals surface area contributed by atoms with E-state index in [1.165, 1.54) is 35.1 Å². The second-order valence-electron chi connectivity index (χ2n) is 5.57. The fourth-order valence-electron chi connectivity index (χ4n) is 2.25. The van der Waals surface area contributed by atoms with Crippen LogP contribution in [0.1, 0.15) is 10.6 Å². The van der Waals surface area contributed by atoms with Crippen molar-refractivity contribution >= 4 is 51.4 Å². The Hall–Kier alpha value is -2.92. The van der Waals surface area contributed by atoms with E-state index < -0.39 is 12.6 Å². The summed E-state index contributed by atoms with van der Waals surface area (Å²) in [5.74, 6) is -0.585. The van der Waals surface area contributed by atoms with Crippen LogP contribution in [0.4, 0.5) is 5.13 Å². The third-order valence-electron chi connectivity index (χ3n) is 3.55. The highest BCUT2D eigenvalue weighted by molar-refractivity contribution is 8.18. The van der Waals surface area contributed by atoms with Crippen LogP contribution in [0.15, 0.2) is 28.1 Å². The number of carbonyl (C=O) groups excluding carboxylic acids is 1. The van der Waals surface area contributed by atoms with Crippen molar-refractivity contribution in [2.24, 2.45) is 4.99 Å². The van der Waals surface area contributed by atoms with Gasteiger partial charge in [-0.1, -0.05) is 17.4 Å². The average molecular weight is 420 g/mol. The minimum Gasteiger partial charge on any atom is -0.493 e. The number of aliphatic imine (C=N–C) groups is 1. The van der Waals surface area contributed by atoms with Gasteiger partial charge in [0, 0.05) is 7.05 Å². The Morgan fingerprint density at radius 2 is 2.14 bits per heavy atom. The minimum atomic E-state index is -1.08. The number of aromatic nitrogens is 2. The molecule has 0 spiro atoms. The highest BCUT2D eigenvalue weighted by Gasteiger charge is 2.30. The lowest BCUT2D eigenvalue weighted by Gasteiger charge is -2.09. The number of nitrogens with zero attached hydrogens (tertiary/aromatic N) is 4. The molecule has 3 rings (SSSR count). The van der Waals surface area contributed by atoms with E-state index in [1.807, 2.05) is 6.92 Å². The van der Waals surface area contributed by atoms with Crippen molar-refractivity contribution < 1.29 is 24.2 Å². The average Bonchev–Trinajstić information content (AvgIpc) is 3.19. The van der Waals surface area contributed by atoms with Crippen LogP contribution < -0.4 is 9.47 Å². The van der Waals surface area contributed by atoms with Gasteiger partial charge in [-0.3, -0.25) is 9.69 Å². The molecule has 146 valence electrons. The molecular weight excluding hydrogens is 404 g/mol. The fraction of sp³-hybridized carbons (Fsp3) is 0.235. The van der Waals surface area contributed by atoms with E-state index in [0.29, 0.717) is 32.3 Å². The predicted octanol–water partition coefficient (Wildman–Crippen LogP) is 2.55. The lowest BCUT2D eigenvalue weighted by atomic mass is 10.2. The Balaban J connectivity index is 1.83. The number of likely N-dealkylation sites (N-methyl/N-ethyl adjacent to an activating group) is 1. The van der Waals surface area contributed by atoms with E-state index in [2.05, 4.69) is 15.2 Å². The van der Waals surface area contributed by atoms with Crippen LogP contribution in [-0.4, -0.2) is 58.0 Å². The van der Waals surface area contributed by atoms with Crippen LogP contribution in [0, 0.1) is 6.92 Å². The van der Waals surface area contributed by atoms with Crippen molar-refractivity contribution in [2.75, 3.05) is 20.8 Å². The number of carbonyl (C=O) groups is 2. The number of hydrogen-bond acceptors (Lipinski definition) is 9. The molecule has 1 N–H and O–H groups in total. The predicted molar refractivity (Wildman–Crippen MR) is 106 cm³/mol. The van der Waals surface area contributed by atoms with Crippen LogP contribution >= 0.6 is 23.1 Å². The summed E-state index contributed by atoms with van der Waals surface area (Å²) in [5.41, 5.74) is 0.705. The number of amides is 1. The lowest BCUT2D eigenvalue weighted by molar-refractivity contribution is -0.139. The van der Waals surface area contributed by atoms with Gasteiger partial charge in [0.2, 0.25) is 5.13 Å². The molecule has 0 unspecified atom stereocenters. The second kappa shape index (κ2) is 8.40. The molecule has 1 aromatic heterocycles. The number of carboxylic acid groups (broad SMARTS) is 1. The lowest BCUT2D eigenvalue weighted by Crippen LogP contribution is -2.23. The fourth-order valence-corrected chi connectivity index (χ4v) is 3.83.